The van der Waals surface area contributed by atoms with Gasteiger partial charge in [0, 0.05) is 0 Å². The Bertz CT molecular complexity index is 222. The molecule has 0 bridgehead atoms. The maximum Gasteiger partial charge on any atom is 0.238 e. The second-order valence-electron chi connectivity index (χ2n) is 1.68. The number of rotatable bonds is 2. The van der Waals surface area contributed by atoms with Gasteiger partial charge in [0.15, 0.2) is 0 Å². The molecule has 0 heterocycles. The van der Waals surface area contributed by atoms with Crippen molar-refractivity contribution in [1.29, 1.82) is 5.16 Å². The van der Waals surface area contributed by atoms with Gasteiger partial charge in [0.05, 0.1) is 0 Å². The van der Waals surface area contributed by atoms with Gasteiger partial charge in [0.25, 0.3) is 0 Å². The maximum atomic E-state index is 8.82. The molecule has 0 fully saturated rings. The molecule has 1 aromatic rings. The molecule has 0 saturated heterocycles. The van der Waals surface area contributed by atoms with Crippen molar-refractivity contribution in [1.82, 2.24) is 0 Å². The van der Waals surface area contributed by atoms with E-state index in [2.05, 4.69) is 0 Å². The molecule has 0 amide bonds. The smallest absolute Gasteiger partial charge is 0.238 e. The number of phenolic OH excluding ortho intramolecular Hbond substituents is 1. The van der Waals surface area contributed by atoms with Gasteiger partial charge in [-0.05, 0) is 24.3 Å². The Morgan fingerprint density at radius 3 is 2.40 bits per heavy atom. The summed E-state index contributed by atoms with van der Waals surface area (Å²) in [7, 11) is 0.115. The van der Waals surface area contributed by atoms with E-state index in [1.165, 1.54) is 12.1 Å². The molecule has 0 radical (unpaired) electrons. The molecule has 2 N–H and O–H groups in total. The number of hydrogen-bond acceptors (Lipinski definition) is 3. The van der Waals surface area contributed by atoms with E-state index in [1.54, 1.807) is 12.1 Å². The van der Waals surface area contributed by atoms with Gasteiger partial charge in [-0.3, -0.25) is 0 Å². The number of aromatic hydroxyl groups is 1. The molecule has 1 rings (SSSR count). The fourth-order valence-corrected chi connectivity index (χ4v) is 0.787. The highest BCUT2D eigenvalue weighted by atomic mass is 31.1. The first-order chi connectivity index (χ1) is 4.83. The minimum absolute atomic E-state index is 0.115. The summed E-state index contributed by atoms with van der Waals surface area (Å²) in [4.78, 5) is 0. The van der Waals surface area contributed by atoms with Crippen LogP contribution >= 0.6 is 8.60 Å². The van der Waals surface area contributed by atoms with Crippen molar-refractivity contribution in [2.24, 2.45) is 0 Å². The summed E-state index contributed by atoms with van der Waals surface area (Å²) >= 11 is 0. The molecular formula is C6H6NO2P. The molecule has 0 spiro atoms. The Balaban J connectivity index is 2.78. The van der Waals surface area contributed by atoms with E-state index in [0.717, 1.165) is 0 Å². The summed E-state index contributed by atoms with van der Waals surface area (Å²) < 4.78 is 4.79. The zero-order valence-corrected chi connectivity index (χ0v) is 6.01. The molecule has 0 unspecified atom stereocenters. The molecule has 1 aromatic carbocycles. The van der Waals surface area contributed by atoms with E-state index in [1.807, 2.05) is 0 Å². The third-order valence-corrected chi connectivity index (χ3v) is 1.29. The largest absolute Gasteiger partial charge is 0.508 e. The van der Waals surface area contributed by atoms with Crippen LogP contribution in [0.1, 0.15) is 0 Å². The van der Waals surface area contributed by atoms with Crippen molar-refractivity contribution >= 4 is 8.60 Å². The lowest BCUT2D eigenvalue weighted by molar-refractivity contribution is 0.474. The molecule has 0 aliphatic heterocycles. The van der Waals surface area contributed by atoms with Crippen LogP contribution in [0.2, 0.25) is 0 Å². The predicted octanol–water partition coefficient (Wildman–Crippen LogP) is 2.39. The highest BCUT2D eigenvalue weighted by Gasteiger charge is 1.89. The molecular weight excluding hydrogens is 149 g/mol. The Kier molecular flexibility index (Phi) is 2.24. The van der Waals surface area contributed by atoms with Gasteiger partial charge in [0.1, 0.15) is 11.5 Å². The first-order valence-corrected chi connectivity index (χ1v) is 3.47. The highest BCUT2D eigenvalue weighted by Crippen LogP contribution is 2.18. The van der Waals surface area contributed by atoms with E-state index in [0.29, 0.717) is 5.75 Å². The van der Waals surface area contributed by atoms with Crippen molar-refractivity contribution in [2.45, 2.75) is 0 Å². The normalized spacial score (nSPS) is 9.60. The summed E-state index contributed by atoms with van der Waals surface area (Å²) in [5.74, 6) is 0.795. The number of benzene rings is 1. The van der Waals surface area contributed by atoms with Crippen LogP contribution in [0.3, 0.4) is 0 Å². The van der Waals surface area contributed by atoms with Crippen molar-refractivity contribution in [3.63, 3.8) is 0 Å². The van der Waals surface area contributed by atoms with Gasteiger partial charge in [-0.2, -0.15) is 0 Å². The van der Waals surface area contributed by atoms with Crippen LogP contribution in [0.15, 0.2) is 24.3 Å². The lowest BCUT2D eigenvalue weighted by Crippen LogP contribution is -1.71. The first kappa shape index (κ1) is 7.03. The number of nitrogens with one attached hydrogen (secondary N) is 1. The van der Waals surface area contributed by atoms with E-state index in [4.69, 9.17) is 14.8 Å². The zero-order chi connectivity index (χ0) is 7.40. The molecule has 0 aliphatic rings. The molecule has 0 aliphatic carbocycles. The van der Waals surface area contributed by atoms with E-state index in [9.17, 15) is 0 Å². The van der Waals surface area contributed by atoms with Gasteiger partial charge in [-0.25, -0.2) is 5.16 Å². The van der Waals surface area contributed by atoms with E-state index in [-0.39, 0.29) is 14.3 Å². The van der Waals surface area contributed by atoms with Crippen LogP contribution in [0, 0.1) is 5.16 Å². The van der Waals surface area contributed by atoms with Crippen LogP contribution < -0.4 is 4.52 Å². The summed E-state index contributed by atoms with van der Waals surface area (Å²) in [6.45, 7) is 0. The monoisotopic (exact) mass is 155 g/mol. The van der Waals surface area contributed by atoms with Crippen LogP contribution in [0.4, 0.5) is 0 Å². The van der Waals surface area contributed by atoms with Crippen LogP contribution in [-0.4, -0.2) is 5.11 Å². The SMILES string of the molecule is N=POc1ccc(O)cc1. The predicted molar refractivity (Wildman–Crippen MR) is 38.4 cm³/mol. The quantitative estimate of drug-likeness (QED) is 0.644. The standard InChI is InChI=1S/C6H6NO2P/c7-10-9-6-3-1-5(8)2-4-6/h1-4,7-8H. The number of hydrogen-bond donors (Lipinski definition) is 2. The van der Waals surface area contributed by atoms with Crippen molar-refractivity contribution < 1.29 is 9.63 Å². The Hall–Kier alpha value is -1.08. The average Bonchev–Trinajstić information content (AvgIpc) is 1.95. The Labute approximate surface area is 60.0 Å². The molecule has 0 aromatic heterocycles. The maximum absolute atomic E-state index is 8.82. The molecule has 3 nitrogen and oxygen atoms in total. The second kappa shape index (κ2) is 3.18. The molecule has 0 atom stereocenters. The average molecular weight is 155 g/mol. The lowest BCUT2D eigenvalue weighted by Gasteiger charge is -1.95. The van der Waals surface area contributed by atoms with Gasteiger partial charge in [-0.1, -0.05) is 0 Å². The fourth-order valence-electron chi connectivity index (χ4n) is 0.560. The summed E-state index contributed by atoms with van der Waals surface area (Å²) in [6, 6.07) is 6.24. The van der Waals surface area contributed by atoms with Crippen molar-refractivity contribution in [3.05, 3.63) is 24.3 Å². The van der Waals surface area contributed by atoms with Gasteiger partial charge in [-0.15, -0.1) is 0 Å². The van der Waals surface area contributed by atoms with Crippen LogP contribution in [0.5, 0.6) is 11.5 Å². The Morgan fingerprint density at radius 1 is 1.30 bits per heavy atom. The topological polar surface area (TPSA) is 53.3 Å². The lowest BCUT2D eigenvalue weighted by atomic mass is 10.3. The third-order valence-electron chi connectivity index (χ3n) is 0.988. The third kappa shape index (κ3) is 1.71. The number of phenols is 1. The van der Waals surface area contributed by atoms with Crippen molar-refractivity contribution in [2.75, 3.05) is 0 Å². The van der Waals surface area contributed by atoms with Crippen LogP contribution in [0.25, 0.3) is 0 Å². The molecule has 4 heteroatoms. The Morgan fingerprint density at radius 2 is 1.90 bits per heavy atom. The summed E-state index contributed by atoms with van der Waals surface area (Å²) in [5, 5.41) is 15.5. The zero-order valence-electron chi connectivity index (χ0n) is 5.11. The van der Waals surface area contributed by atoms with Gasteiger partial charge in [0.2, 0.25) is 8.60 Å². The van der Waals surface area contributed by atoms with Gasteiger partial charge >= 0.3 is 0 Å². The molecule has 52 valence electrons. The van der Waals surface area contributed by atoms with E-state index >= 15 is 0 Å². The minimum atomic E-state index is 0.115. The minimum Gasteiger partial charge on any atom is -0.508 e. The van der Waals surface area contributed by atoms with Crippen LogP contribution in [-0.2, 0) is 0 Å². The van der Waals surface area contributed by atoms with E-state index < -0.39 is 0 Å². The van der Waals surface area contributed by atoms with Gasteiger partial charge < -0.3 is 9.63 Å². The fraction of sp³-hybridized carbons (Fsp3) is 0. The first-order valence-electron chi connectivity index (χ1n) is 2.66. The highest BCUT2D eigenvalue weighted by molar-refractivity contribution is 7.19. The van der Waals surface area contributed by atoms with Crippen molar-refractivity contribution in [3.8, 4) is 11.5 Å². The summed E-state index contributed by atoms with van der Waals surface area (Å²) in [6.07, 6.45) is 0. The molecule has 10 heavy (non-hydrogen) atoms. The summed E-state index contributed by atoms with van der Waals surface area (Å²) in [5.41, 5.74) is 0. The second-order valence-corrected chi connectivity index (χ2v) is 2.04. The molecule has 0 saturated carbocycles.